The van der Waals surface area contributed by atoms with Crippen LogP contribution in [0, 0.1) is 12.7 Å². The van der Waals surface area contributed by atoms with Crippen LogP contribution in [0.3, 0.4) is 0 Å². The molecule has 0 aliphatic carbocycles. The number of nitrogens with one attached hydrogen (secondary N) is 1. The molecule has 0 saturated heterocycles. The molecule has 1 N–H and O–H groups in total. The Morgan fingerprint density at radius 2 is 1.88 bits per heavy atom. The Morgan fingerprint density at radius 1 is 1.04 bits per heavy atom. The summed E-state index contributed by atoms with van der Waals surface area (Å²) in [6.07, 6.45) is 0. The second-order valence-corrected chi connectivity index (χ2v) is 6.00. The van der Waals surface area contributed by atoms with Gasteiger partial charge in [-0.05, 0) is 43.3 Å². The summed E-state index contributed by atoms with van der Waals surface area (Å²) in [4.78, 5) is 16.7. The normalized spacial score (nSPS) is 10.8. The van der Waals surface area contributed by atoms with Gasteiger partial charge in [0, 0.05) is 17.3 Å². The summed E-state index contributed by atoms with van der Waals surface area (Å²) in [5.41, 5.74) is 3.55. The third kappa shape index (κ3) is 3.07. The van der Waals surface area contributed by atoms with Crippen molar-refractivity contribution >= 4 is 22.7 Å². The highest BCUT2D eigenvalue weighted by Crippen LogP contribution is 2.28. The summed E-state index contributed by atoms with van der Waals surface area (Å²) in [6, 6.07) is 18.8. The minimum Gasteiger partial charge on any atom is -0.436 e. The van der Waals surface area contributed by atoms with E-state index in [0.29, 0.717) is 27.9 Å². The molecule has 1 aromatic heterocycles. The van der Waals surface area contributed by atoms with Crippen LogP contribution < -0.4 is 5.32 Å². The van der Waals surface area contributed by atoms with Crippen molar-refractivity contribution in [3.63, 3.8) is 0 Å². The molecule has 0 aliphatic rings. The minimum absolute atomic E-state index is 0.207. The molecule has 0 saturated carbocycles. The van der Waals surface area contributed by atoms with Crippen LogP contribution in [-0.2, 0) is 0 Å². The van der Waals surface area contributed by atoms with Gasteiger partial charge in [-0.25, -0.2) is 9.37 Å². The molecule has 0 unspecified atom stereocenters. The van der Waals surface area contributed by atoms with E-state index in [9.17, 15) is 9.18 Å². The Labute approximate surface area is 149 Å². The quantitative estimate of drug-likeness (QED) is 0.555. The average Bonchev–Trinajstić information content (AvgIpc) is 3.05. The van der Waals surface area contributed by atoms with Gasteiger partial charge < -0.3 is 9.73 Å². The standard InChI is InChI=1S/C21H15FN2O2/c1-13-5-4-6-14(11-13)20(25)23-15-9-10-18-19(12-15)26-21(24-18)16-7-2-3-8-17(16)22/h2-12H,1H3,(H,23,25). The number of anilines is 1. The molecule has 3 aromatic carbocycles. The Bertz CT molecular complexity index is 1120. The first kappa shape index (κ1) is 16.0. The van der Waals surface area contributed by atoms with E-state index in [-0.39, 0.29) is 11.8 Å². The topological polar surface area (TPSA) is 55.1 Å². The number of halogens is 1. The molecular weight excluding hydrogens is 331 g/mol. The van der Waals surface area contributed by atoms with Gasteiger partial charge in [0.05, 0.1) is 5.56 Å². The van der Waals surface area contributed by atoms with Crippen molar-refractivity contribution in [2.45, 2.75) is 6.92 Å². The summed E-state index contributed by atoms with van der Waals surface area (Å²) in [7, 11) is 0. The highest BCUT2D eigenvalue weighted by molar-refractivity contribution is 6.05. The number of hydrogen-bond donors (Lipinski definition) is 1. The SMILES string of the molecule is Cc1cccc(C(=O)Nc2ccc3nc(-c4ccccc4F)oc3c2)c1. The maximum atomic E-state index is 13.9. The van der Waals surface area contributed by atoms with Gasteiger partial charge in [0.1, 0.15) is 11.3 Å². The lowest BCUT2D eigenvalue weighted by Gasteiger charge is -2.05. The monoisotopic (exact) mass is 346 g/mol. The summed E-state index contributed by atoms with van der Waals surface area (Å²) >= 11 is 0. The van der Waals surface area contributed by atoms with Crippen LogP contribution in [0.15, 0.2) is 71.1 Å². The summed E-state index contributed by atoms with van der Waals surface area (Å²) in [6.45, 7) is 1.93. The van der Waals surface area contributed by atoms with Crippen LogP contribution in [0.4, 0.5) is 10.1 Å². The van der Waals surface area contributed by atoms with Gasteiger partial charge in [0.25, 0.3) is 5.91 Å². The Kier molecular flexibility index (Phi) is 3.97. The molecule has 1 amide bonds. The van der Waals surface area contributed by atoms with E-state index < -0.39 is 5.82 Å². The highest BCUT2D eigenvalue weighted by Gasteiger charge is 2.13. The smallest absolute Gasteiger partial charge is 0.255 e. The number of hydrogen-bond acceptors (Lipinski definition) is 3. The molecule has 5 heteroatoms. The third-order valence-electron chi connectivity index (χ3n) is 4.03. The van der Waals surface area contributed by atoms with Gasteiger partial charge in [-0.15, -0.1) is 0 Å². The predicted molar refractivity (Wildman–Crippen MR) is 98.5 cm³/mol. The van der Waals surface area contributed by atoms with Gasteiger partial charge in [-0.2, -0.15) is 0 Å². The molecule has 1 heterocycles. The zero-order valence-electron chi connectivity index (χ0n) is 14.0. The fraction of sp³-hybridized carbons (Fsp3) is 0.0476. The molecule has 0 aliphatic heterocycles. The summed E-state index contributed by atoms with van der Waals surface area (Å²) < 4.78 is 19.6. The number of benzene rings is 3. The van der Waals surface area contributed by atoms with E-state index in [4.69, 9.17) is 4.42 Å². The van der Waals surface area contributed by atoms with Crippen LogP contribution in [0.5, 0.6) is 0 Å². The number of carbonyl (C=O) groups excluding carboxylic acids is 1. The zero-order valence-corrected chi connectivity index (χ0v) is 14.0. The average molecular weight is 346 g/mol. The highest BCUT2D eigenvalue weighted by atomic mass is 19.1. The Morgan fingerprint density at radius 3 is 2.69 bits per heavy atom. The van der Waals surface area contributed by atoms with Crippen molar-refractivity contribution in [2.75, 3.05) is 5.32 Å². The van der Waals surface area contributed by atoms with Gasteiger partial charge in [0.2, 0.25) is 5.89 Å². The fourth-order valence-corrected chi connectivity index (χ4v) is 2.74. The maximum absolute atomic E-state index is 13.9. The second-order valence-electron chi connectivity index (χ2n) is 6.00. The molecule has 0 atom stereocenters. The second kappa shape index (κ2) is 6.44. The number of fused-ring (bicyclic) bond motifs is 1. The number of carbonyl (C=O) groups is 1. The van der Waals surface area contributed by atoms with Gasteiger partial charge in [-0.3, -0.25) is 4.79 Å². The van der Waals surface area contributed by atoms with Crippen LogP contribution in [0.2, 0.25) is 0 Å². The molecule has 26 heavy (non-hydrogen) atoms. The lowest BCUT2D eigenvalue weighted by molar-refractivity contribution is 0.102. The summed E-state index contributed by atoms with van der Waals surface area (Å²) in [5, 5.41) is 2.84. The van der Waals surface area contributed by atoms with Crippen molar-refractivity contribution in [1.29, 1.82) is 0 Å². The number of amides is 1. The van der Waals surface area contributed by atoms with E-state index in [1.807, 2.05) is 25.1 Å². The molecule has 4 rings (SSSR count). The number of aryl methyl sites for hydroxylation is 1. The third-order valence-corrected chi connectivity index (χ3v) is 4.03. The Hall–Kier alpha value is -3.47. The maximum Gasteiger partial charge on any atom is 0.255 e. The van der Waals surface area contributed by atoms with E-state index >= 15 is 0 Å². The lowest BCUT2D eigenvalue weighted by Crippen LogP contribution is -2.11. The fourth-order valence-electron chi connectivity index (χ4n) is 2.74. The molecule has 0 radical (unpaired) electrons. The van der Waals surface area contributed by atoms with Crippen LogP contribution in [0.25, 0.3) is 22.6 Å². The van der Waals surface area contributed by atoms with Crippen LogP contribution in [-0.4, -0.2) is 10.9 Å². The molecule has 0 bridgehead atoms. The molecule has 4 nitrogen and oxygen atoms in total. The van der Waals surface area contributed by atoms with Crippen molar-refractivity contribution in [3.8, 4) is 11.5 Å². The first-order valence-corrected chi connectivity index (χ1v) is 8.14. The van der Waals surface area contributed by atoms with E-state index in [1.165, 1.54) is 6.07 Å². The van der Waals surface area contributed by atoms with Crippen LogP contribution in [0.1, 0.15) is 15.9 Å². The van der Waals surface area contributed by atoms with E-state index in [1.54, 1.807) is 42.5 Å². The molecular formula is C21H15FN2O2. The zero-order chi connectivity index (χ0) is 18.1. The number of aromatic nitrogens is 1. The largest absolute Gasteiger partial charge is 0.436 e. The predicted octanol–water partition coefficient (Wildman–Crippen LogP) is 5.19. The van der Waals surface area contributed by atoms with E-state index in [0.717, 1.165) is 5.56 Å². The number of rotatable bonds is 3. The number of oxazole rings is 1. The Balaban J connectivity index is 1.64. The first-order chi connectivity index (χ1) is 12.6. The van der Waals surface area contributed by atoms with Gasteiger partial charge in [-0.1, -0.05) is 29.8 Å². The molecule has 4 aromatic rings. The van der Waals surface area contributed by atoms with E-state index in [2.05, 4.69) is 10.3 Å². The number of nitrogens with zero attached hydrogens (tertiary/aromatic N) is 1. The van der Waals surface area contributed by atoms with Crippen molar-refractivity contribution in [2.24, 2.45) is 0 Å². The molecule has 0 spiro atoms. The van der Waals surface area contributed by atoms with Gasteiger partial charge >= 0.3 is 0 Å². The minimum atomic E-state index is -0.396. The molecule has 128 valence electrons. The van der Waals surface area contributed by atoms with Crippen molar-refractivity contribution in [1.82, 2.24) is 4.98 Å². The molecule has 0 fully saturated rings. The first-order valence-electron chi connectivity index (χ1n) is 8.14. The lowest BCUT2D eigenvalue weighted by atomic mass is 10.1. The van der Waals surface area contributed by atoms with Crippen LogP contribution >= 0.6 is 0 Å². The van der Waals surface area contributed by atoms with Crippen molar-refractivity contribution in [3.05, 3.63) is 83.7 Å². The summed E-state index contributed by atoms with van der Waals surface area (Å²) in [5.74, 6) is -0.394. The van der Waals surface area contributed by atoms with Crippen molar-refractivity contribution < 1.29 is 13.6 Å². The van der Waals surface area contributed by atoms with Gasteiger partial charge in [0.15, 0.2) is 5.58 Å².